The summed E-state index contributed by atoms with van der Waals surface area (Å²) in [4.78, 5) is 2.22. The lowest BCUT2D eigenvalue weighted by Gasteiger charge is -2.28. The topological polar surface area (TPSA) is 23.5 Å². The maximum Gasteiger partial charge on any atom is 0.130 e. The number of benzene rings is 1. The highest BCUT2D eigenvalue weighted by atomic mass is 19.1. The average molecular weight is 281 g/mol. The minimum Gasteiger partial charge on any atom is -0.391 e. The van der Waals surface area contributed by atoms with Crippen molar-refractivity contribution in [2.45, 2.75) is 47.1 Å². The lowest BCUT2D eigenvalue weighted by molar-refractivity contribution is 0.276. The molecule has 0 aliphatic carbocycles. The molecule has 0 atom stereocenters. The minimum atomic E-state index is -0.316. The highest BCUT2D eigenvalue weighted by Crippen LogP contribution is 2.25. The fourth-order valence-electron chi connectivity index (χ4n) is 2.18. The zero-order chi connectivity index (χ0) is 15.1. The standard InChI is InChI=1S/C17H28FNO/c1-13(2)8-10-19(11-9-14(3)4)17-7-5-6-16(18)15(17)12-20/h5-7,13-14,20H,8-12H2,1-4H3. The van der Waals surface area contributed by atoms with Crippen LogP contribution in [0.25, 0.3) is 0 Å². The van der Waals surface area contributed by atoms with Gasteiger partial charge in [0.15, 0.2) is 0 Å². The molecule has 0 heterocycles. The van der Waals surface area contributed by atoms with Crippen LogP contribution in [0.15, 0.2) is 18.2 Å². The molecule has 0 unspecified atom stereocenters. The molecule has 1 aromatic carbocycles. The number of aliphatic hydroxyl groups excluding tert-OH is 1. The molecule has 0 spiro atoms. The SMILES string of the molecule is CC(C)CCN(CCC(C)C)c1cccc(F)c1CO. The Bertz CT molecular complexity index is 392. The third-order valence-corrected chi connectivity index (χ3v) is 3.55. The molecule has 1 rings (SSSR count). The first-order chi connectivity index (χ1) is 9.45. The van der Waals surface area contributed by atoms with Gasteiger partial charge >= 0.3 is 0 Å². The Balaban J connectivity index is 2.93. The second-order valence-corrected chi connectivity index (χ2v) is 6.25. The molecular formula is C17H28FNO. The molecule has 1 aromatic rings. The Morgan fingerprint density at radius 2 is 1.60 bits per heavy atom. The summed E-state index contributed by atoms with van der Waals surface area (Å²) >= 11 is 0. The Labute approximate surface area is 122 Å². The van der Waals surface area contributed by atoms with Crippen LogP contribution < -0.4 is 4.90 Å². The molecule has 0 bridgehead atoms. The number of halogens is 1. The van der Waals surface area contributed by atoms with Crippen LogP contribution in [0.3, 0.4) is 0 Å². The summed E-state index contributed by atoms with van der Waals surface area (Å²) in [6, 6.07) is 5.05. The summed E-state index contributed by atoms with van der Waals surface area (Å²) < 4.78 is 13.8. The number of anilines is 1. The van der Waals surface area contributed by atoms with Crippen LogP contribution in [0.1, 0.15) is 46.1 Å². The van der Waals surface area contributed by atoms with Gasteiger partial charge in [-0.25, -0.2) is 4.39 Å². The van der Waals surface area contributed by atoms with E-state index in [2.05, 4.69) is 32.6 Å². The quantitative estimate of drug-likeness (QED) is 0.771. The number of hydrogen-bond donors (Lipinski definition) is 1. The lowest BCUT2D eigenvalue weighted by Crippen LogP contribution is -2.28. The molecular weight excluding hydrogens is 253 g/mol. The fraction of sp³-hybridized carbons (Fsp3) is 0.647. The van der Waals surface area contributed by atoms with Crippen LogP contribution in [0.5, 0.6) is 0 Å². The van der Waals surface area contributed by atoms with Crippen LogP contribution in [0.2, 0.25) is 0 Å². The lowest BCUT2D eigenvalue weighted by atomic mass is 10.1. The Hall–Kier alpha value is -1.09. The molecule has 0 amide bonds. The number of hydrogen-bond acceptors (Lipinski definition) is 2. The van der Waals surface area contributed by atoms with Gasteiger partial charge in [0, 0.05) is 24.3 Å². The van der Waals surface area contributed by atoms with E-state index in [0.717, 1.165) is 31.6 Å². The van der Waals surface area contributed by atoms with Gasteiger partial charge in [0.2, 0.25) is 0 Å². The van der Waals surface area contributed by atoms with Crippen molar-refractivity contribution in [2.24, 2.45) is 11.8 Å². The Morgan fingerprint density at radius 1 is 1.05 bits per heavy atom. The van der Waals surface area contributed by atoms with Gasteiger partial charge in [-0.15, -0.1) is 0 Å². The zero-order valence-corrected chi connectivity index (χ0v) is 13.2. The van der Waals surface area contributed by atoms with E-state index < -0.39 is 0 Å². The summed E-state index contributed by atoms with van der Waals surface area (Å²) in [5, 5.41) is 9.44. The van der Waals surface area contributed by atoms with Crippen molar-refractivity contribution in [3.05, 3.63) is 29.6 Å². The van der Waals surface area contributed by atoms with E-state index in [1.807, 2.05) is 6.07 Å². The van der Waals surface area contributed by atoms with Crippen LogP contribution in [0.4, 0.5) is 10.1 Å². The number of nitrogens with zero attached hydrogens (tertiary/aromatic N) is 1. The number of rotatable bonds is 8. The highest BCUT2D eigenvalue weighted by Gasteiger charge is 2.15. The van der Waals surface area contributed by atoms with Crippen LogP contribution >= 0.6 is 0 Å². The maximum atomic E-state index is 13.8. The normalized spacial score (nSPS) is 11.4. The summed E-state index contributed by atoms with van der Waals surface area (Å²) in [5.74, 6) is 0.912. The third-order valence-electron chi connectivity index (χ3n) is 3.55. The summed E-state index contributed by atoms with van der Waals surface area (Å²) in [6.45, 7) is 10.3. The van der Waals surface area contributed by atoms with Crippen LogP contribution in [-0.2, 0) is 6.61 Å². The van der Waals surface area contributed by atoms with E-state index in [1.165, 1.54) is 6.07 Å². The summed E-state index contributed by atoms with van der Waals surface area (Å²) in [7, 11) is 0. The van der Waals surface area contributed by atoms with Crippen molar-refractivity contribution < 1.29 is 9.50 Å². The minimum absolute atomic E-state index is 0.248. The average Bonchev–Trinajstić information content (AvgIpc) is 2.38. The largest absolute Gasteiger partial charge is 0.391 e. The van der Waals surface area contributed by atoms with Crippen molar-refractivity contribution in [1.82, 2.24) is 0 Å². The monoisotopic (exact) mass is 281 g/mol. The van der Waals surface area contributed by atoms with E-state index in [-0.39, 0.29) is 12.4 Å². The molecule has 0 aliphatic rings. The molecule has 2 nitrogen and oxygen atoms in total. The van der Waals surface area contributed by atoms with Crippen molar-refractivity contribution in [1.29, 1.82) is 0 Å². The summed E-state index contributed by atoms with van der Waals surface area (Å²) in [5.41, 5.74) is 1.26. The molecule has 114 valence electrons. The Morgan fingerprint density at radius 3 is 2.05 bits per heavy atom. The smallest absolute Gasteiger partial charge is 0.130 e. The molecule has 20 heavy (non-hydrogen) atoms. The molecule has 0 fully saturated rings. The first-order valence-corrected chi connectivity index (χ1v) is 7.58. The number of aliphatic hydroxyl groups is 1. The van der Waals surface area contributed by atoms with Crippen molar-refractivity contribution in [2.75, 3.05) is 18.0 Å². The molecule has 3 heteroatoms. The van der Waals surface area contributed by atoms with E-state index >= 15 is 0 Å². The first kappa shape index (κ1) is 17.0. The van der Waals surface area contributed by atoms with Gasteiger partial charge in [0.05, 0.1) is 6.61 Å². The van der Waals surface area contributed by atoms with E-state index in [1.54, 1.807) is 6.07 Å². The fourth-order valence-corrected chi connectivity index (χ4v) is 2.18. The van der Waals surface area contributed by atoms with Gasteiger partial charge < -0.3 is 10.0 Å². The molecule has 0 saturated carbocycles. The van der Waals surface area contributed by atoms with Gasteiger partial charge in [-0.3, -0.25) is 0 Å². The zero-order valence-electron chi connectivity index (χ0n) is 13.2. The maximum absolute atomic E-state index is 13.8. The molecule has 0 aromatic heterocycles. The van der Waals surface area contributed by atoms with E-state index in [9.17, 15) is 9.50 Å². The van der Waals surface area contributed by atoms with Crippen LogP contribution in [-0.4, -0.2) is 18.2 Å². The second kappa shape index (κ2) is 8.25. The molecule has 0 radical (unpaired) electrons. The van der Waals surface area contributed by atoms with E-state index in [4.69, 9.17) is 0 Å². The van der Waals surface area contributed by atoms with Gasteiger partial charge in [-0.2, -0.15) is 0 Å². The van der Waals surface area contributed by atoms with Gasteiger partial charge in [0.1, 0.15) is 5.82 Å². The van der Waals surface area contributed by atoms with Crippen molar-refractivity contribution in [3.8, 4) is 0 Å². The van der Waals surface area contributed by atoms with Crippen LogP contribution in [0, 0.1) is 17.7 Å². The Kier molecular flexibility index (Phi) is 7.00. The predicted octanol–water partition coefficient (Wildman–Crippen LogP) is 4.22. The predicted molar refractivity (Wildman–Crippen MR) is 83.4 cm³/mol. The molecule has 0 saturated heterocycles. The van der Waals surface area contributed by atoms with Crippen molar-refractivity contribution in [3.63, 3.8) is 0 Å². The van der Waals surface area contributed by atoms with E-state index in [0.29, 0.717) is 17.4 Å². The second-order valence-electron chi connectivity index (χ2n) is 6.25. The van der Waals surface area contributed by atoms with Gasteiger partial charge in [-0.1, -0.05) is 33.8 Å². The summed E-state index contributed by atoms with van der Waals surface area (Å²) in [6.07, 6.45) is 2.14. The highest BCUT2D eigenvalue weighted by molar-refractivity contribution is 5.54. The van der Waals surface area contributed by atoms with Gasteiger partial charge in [-0.05, 0) is 36.8 Å². The molecule has 1 N–H and O–H groups in total. The molecule has 0 aliphatic heterocycles. The van der Waals surface area contributed by atoms with Crippen molar-refractivity contribution >= 4 is 5.69 Å². The third kappa shape index (κ3) is 5.12. The van der Waals surface area contributed by atoms with Gasteiger partial charge in [0.25, 0.3) is 0 Å². The first-order valence-electron chi connectivity index (χ1n) is 7.58.